The maximum atomic E-state index is 10.5. The van der Waals surface area contributed by atoms with Crippen molar-refractivity contribution in [1.82, 2.24) is 10.6 Å². The summed E-state index contributed by atoms with van der Waals surface area (Å²) in [4.78, 5) is 4.74. The third-order valence-electron chi connectivity index (χ3n) is 4.65. The highest BCUT2D eigenvalue weighted by Gasteiger charge is 2.31. The highest BCUT2D eigenvalue weighted by molar-refractivity contribution is 5.79. The molecule has 1 aliphatic rings. The van der Waals surface area contributed by atoms with Crippen molar-refractivity contribution in [3.8, 4) is 0 Å². The fourth-order valence-electron chi connectivity index (χ4n) is 3.06. The van der Waals surface area contributed by atoms with E-state index in [1.165, 1.54) is 5.56 Å². The molecule has 4 heteroatoms. The van der Waals surface area contributed by atoms with Gasteiger partial charge < -0.3 is 15.7 Å². The summed E-state index contributed by atoms with van der Waals surface area (Å²) in [6, 6.07) is 10.5. The lowest BCUT2D eigenvalue weighted by Crippen LogP contribution is -2.46. The van der Waals surface area contributed by atoms with Gasteiger partial charge in [-0.1, -0.05) is 57.0 Å². The number of aliphatic imine (C=N–C) groups is 1. The molecule has 1 aromatic rings. The van der Waals surface area contributed by atoms with E-state index >= 15 is 0 Å². The minimum Gasteiger partial charge on any atom is -0.388 e. The van der Waals surface area contributed by atoms with Crippen LogP contribution in [0.1, 0.15) is 52.0 Å². The number of hydrogen-bond donors (Lipinski definition) is 3. The first-order valence-electron chi connectivity index (χ1n) is 8.75. The van der Waals surface area contributed by atoms with Gasteiger partial charge in [0.25, 0.3) is 0 Å². The third kappa shape index (κ3) is 5.24. The predicted molar refractivity (Wildman–Crippen MR) is 96.9 cm³/mol. The molecule has 1 aromatic carbocycles. The molecule has 128 valence electrons. The Labute approximate surface area is 140 Å². The van der Waals surface area contributed by atoms with E-state index in [1.54, 1.807) is 0 Å². The largest absolute Gasteiger partial charge is 0.388 e. The lowest BCUT2D eigenvalue weighted by Gasteiger charge is -2.26. The van der Waals surface area contributed by atoms with Crippen molar-refractivity contribution in [2.75, 3.05) is 19.6 Å². The van der Waals surface area contributed by atoms with Crippen LogP contribution < -0.4 is 10.6 Å². The molecule has 0 spiro atoms. The van der Waals surface area contributed by atoms with Gasteiger partial charge in [0.2, 0.25) is 0 Å². The van der Waals surface area contributed by atoms with E-state index in [4.69, 9.17) is 4.99 Å². The minimum absolute atomic E-state index is 0.0200. The SMILES string of the molecule is CCNC(=NCC(C)(C)c1ccccc1)NCC1(O)CCCC1. The molecule has 0 atom stereocenters. The Morgan fingerprint density at radius 1 is 1.17 bits per heavy atom. The molecule has 0 aromatic heterocycles. The van der Waals surface area contributed by atoms with Gasteiger partial charge in [-0.15, -0.1) is 0 Å². The Morgan fingerprint density at radius 2 is 1.83 bits per heavy atom. The predicted octanol–water partition coefficient (Wildman–Crippen LogP) is 2.82. The van der Waals surface area contributed by atoms with Crippen LogP contribution >= 0.6 is 0 Å². The van der Waals surface area contributed by atoms with Crippen molar-refractivity contribution < 1.29 is 5.11 Å². The first-order valence-corrected chi connectivity index (χ1v) is 8.75. The normalized spacial score (nSPS) is 18.0. The Hall–Kier alpha value is -1.55. The molecule has 0 heterocycles. The summed E-state index contributed by atoms with van der Waals surface area (Å²) in [7, 11) is 0. The Morgan fingerprint density at radius 3 is 2.43 bits per heavy atom. The molecule has 0 bridgehead atoms. The van der Waals surface area contributed by atoms with Crippen molar-refractivity contribution in [2.45, 2.75) is 57.5 Å². The van der Waals surface area contributed by atoms with Crippen LogP contribution in [0.4, 0.5) is 0 Å². The molecule has 0 aliphatic heterocycles. The van der Waals surface area contributed by atoms with E-state index in [1.807, 2.05) is 6.07 Å². The molecule has 0 saturated heterocycles. The third-order valence-corrected chi connectivity index (χ3v) is 4.65. The number of aliphatic hydroxyl groups is 1. The molecule has 0 radical (unpaired) electrons. The van der Waals surface area contributed by atoms with Crippen LogP contribution in [0.3, 0.4) is 0 Å². The maximum absolute atomic E-state index is 10.5. The summed E-state index contributed by atoms with van der Waals surface area (Å²) in [6.45, 7) is 8.56. The van der Waals surface area contributed by atoms with E-state index in [0.29, 0.717) is 13.1 Å². The lowest BCUT2D eigenvalue weighted by atomic mass is 9.85. The highest BCUT2D eigenvalue weighted by Crippen LogP contribution is 2.28. The number of benzene rings is 1. The molecule has 4 nitrogen and oxygen atoms in total. The Balaban J connectivity index is 1.97. The number of nitrogens with zero attached hydrogens (tertiary/aromatic N) is 1. The smallest absolute Gasteiger partial charge is 0.191 e. The molecular weight excluding hydrogens is 286 g/mol. The first-order chi connectivity index (χ1) is 11.0. The van der Waals surface area contributed by atoms with Gasteiger partial charge in [-0.25, -0.2) is 0 Å². The summed E-state index contributed by atoms with van der Waals surface area (Å²) in [5.74, 6) is 0.789. The molecular formula is C19H31N3O. The zero-order chi connectivity index (χ0) is 16.8. The van der Waals surface area contributed by atoms with Crippen molar-refractivity contribution in [2.24, 2.45) is 4.99 Å². The summed E-state index contributed by atoms with van der Waals surface area (Å²) >= 11 is 0. The number of hydrogen-bond acceptors (Lipinski definition) is 2. The van der Waals surface area contributed by atoms with Crippen LogP contribution in [0.2, 0.25) is 0 Å². The van der Waals surface area contributed by atoms with Gasteiger partial charge >= 0.3 is 0 Å². The minimum atomic E-state index is -0.564. The van der Waals surface area contributed by atoms with Gasteiger partial charge in [0.1, 0.15) is 0 Å². The van der Waals surface area contributed by atoms with Crippen molar-refractivity contribution in [1.29, 1.82) is 0 Å². The quantitative estimate of drug-likeness (QED) is 0.558. The Kier molecular flexibility index (Phi) is 6.05. The molecule has 3 N–H and O–H groups in total. The standard InChI is InChI=1S/C19H31N3O/c1-4-20-17(22-15-19(23)12-8-9-13-19)21-14-18(2,3)16-10-6-5-7-11-16/h5-7,10-11,23H,4,8-9,12-15H2,1-3H3,(H2,20,21,22). The van der Waals surface area contributed by atoms with Crippen LogP contribution in [0.15, 0.2) is 35.3 Å². The van der Waals surface area contributed by atoms with Gasteiger partial charge in [0, 0.05) is 18.5 Å². The van der Waals surface area contributed by atoms with E-state index in [2.05, 4.69) is 55.7 Å². The van der Waals surface area contributed by atoms with Gasteiger partial charge in [0.15, 0.2) is 5.96 Å². The fraction of sp³-hybridized carbons (Fsp3) is 0.632. The Bertz CT molecular complexity index is 505. The molecule has 0 amide bonds. The zero-order valence-electron chi connectivity index (χ0n) is 14.7. The molecule has 0 unspecified atom stereocenters. The molecule has 2 rings (SSSR count). The first kappa shape index (κ1) is 17.8. The van der Waals surface area contributed by atoms with Gasteiger partial charge in [0.05, 0.1) is 12.1 Å². The average molecular weight is 317 g/mol. The number of rotatable bonds is 6. The second-order valence-electron chi connectivity index (χ2n) is 7.23. The summed E-state index contributed by atoms with van der Waals surface area (Å²) in [6.07, 6.45) is 4.00. The summed E-state index contributed by atoms with van der Waals surface area (Å²) in [5.41, 5.74) is 0.702. The maximum Gasteiger partial charge on any atom is 0.191 e. The van der Waals surface area contributed by atoms with Crippen LogP contribution in [0.25, 0.3) is 0 Å². The number of guanidine groups is 1. The van der Waals surface area contributed by atoms with Crippen molar-refractivity contribution in [3.63, 3.8) is 0 Å². The summed E-state index contributed by atoms with van der Waals surface area (Å²) in [5, 5.41) is 17.1. The zero-order valence-corrected chi connectivity index (χ0v) is 14.7. The van der Waals surface area contributed by atoms with Crippen molar-refractivity contribution in [3.05, 3.63) is 35.9 Å². The highest BCUT2D eigenvalue weighted by atomic mass is 16.3. The van der Waals surface area contributed by atoms with Crippen LogP contribution in [0, 0.1) is 0 Å². The monoisotopic (exact) mass is 317 g/mol. The average Bonchev–Trinajstić information content (AvgIpc) is 2.98. The van der Waals surface area contributed by atoms with Crippen molar-refractivity contribution >= 4 is 5.96 Å². The molecule has 1 saturated carbocycles. The fourth-order valence-corrected chi connectivity index (χ4v) is 3.06. The van der Waals surface area contributed by atoms with Crippen LogP contribution in [-0.4, -0.2) is 36.3 Å². The number of nitrogens with one attached hydrogen (secondary N) is 2. The topological polar surface area (TPSA) is 56.7 Å². The van der Waals surface area contributed by atoms with Gasteiger partial charge in [-0.3, -0.25) is 4.99 Å². The van der Waals surface area contributed by atoms with Crippen LogP contribution in [-0.2, 0) is 5.41 Å². The molecule has 1 fully saturated rings. The lowest BCUT2D eigenvalue weighted by molar-refractivity contribution is 0.0522. The van der Waals surface area contributed by atoms with E-state index < -0.39 is 5.60 Å². The second kappa shape index (κ2) is 7.82. The van der Waals surface area contributed by atoms with Gasteiger partial charge in [-0.2, -0.15) is 0 Å². The van der Waals surface area contributed by atoms with Crippen LogP contribution in [0.5, 0.6) is 0 Å². The second-order valence-corrected chi connectivity index (χ2v) is 7.23. The molecule has 1 aliphatic carbocycles. The molecule has 23 heavy (non-hydrogen) atoms. The van der Waals surface area contributed by atoms with E-state index in [-0.39, 0.29) is 5.41 Å². The van der Waals surface area contributed by atoms with E-state index in [9.17, 15) is 5.11 Å². The summed E-state index contributed by atoms with van der Waals surface area (Å²) < 4.78 is 0. The van der Waals surface area contributed by atoms with E-state index in [0.717, 1.165) is 38.2 Å². The van der Waals surface area contributed by atoms with Gasteiger partial charge in [-0.05, 0) is 25.3 Å².